The van der Waals surface area contributed by atoms with Gasteiger partial charge in [-0.25, -0.2) is 5.43 Å². The molecule has 0 unspecified atom stereocenters. The summed E-state index contributed by atoms with van der Waals surface area (Å²) in [4.78, 5) is 12.0. The first kappa shape index (κ1) is 16.3. The number of benzene rings is 2. The van der Waals surface area contributed by atoms with Gasteiger partial charge in [0.1, 0.15) is 0 Å². The van der Waals surface area contributed by atoms with Crippen molar-refractivity contribution in [2.45, 2.75) is 0 Å². The Hall–Kier alpha value is -2.05. The van der Waals surface area contributed by atoms with Gasteiger partial charge in [0.2, 0.25) is 0 Å². The third-order valence-electron chi connectivity index (χ3n) is 2.78. The minimum atomic E-state index is -0.378. The van der Waals surface area contributed by atoms with Gasteiger partial charge in [-0.2, -0.15) is 5.10 Å². The molecule has 0 aliphatic carbocycles. The van der Waals surface area contributed by atoms with E-state index in [1.807, 2.05) is 0 Å². The van der Waals surface area contributed by atoms with Crippen LogP contribution in [0, 0.1) is 0 Å². The van der Waals surface area contributed by atoms with E-state index in [0.717, 1.165) is 0 Å². The van der Waals surface area contributed by atoms with Gasteiger partial charge >= 0.3 is 0 Å². The number of rotatable bonds is 4. The van der Waals surface area contributed by atoms with E-state index in [0.29, 0.717) is 20.6 Å². The summed E-state index contributed by atoms with van der Waals surface area (Å²) in [6, 6.07) is 9.96. The summed E-state index contributed by atoms with van der Waals surface area (Å²) >= 11 is 9.20. The van der Waals surface area contributed by atoms with E-state index in [2.05, 4.69) is 26.5 Å². The van der Waals surface area contributed by atoms with Crippen molar-refractivity contribution >= 4 is 39.7 Å². The van der Waals surface area contributed by atoms with Gasteiger partial charge in [0.05, 0.1) is 18.9 Å². The van der Waals surface area contributed by atoms with E-state index in [1.165, 1.54) is 25.5 Å². The molecule has 0 aromatic heterocycles. The fraction of sp³-hybridized carbons (Fsp3) is 0.0667. The molecule has 0 radical (unpaired) electrons. The van der Waals surface area contributed by atoms with Gasteiger partial charge in [-0.05, 0) is 34.1 Å². The van der Waals surface area contributed by atoms with Crippen LogP contribution in [0.2, 0.25) is 5.02 Å². The van der Waals surface area contributed by atoms with Gasteiger partial charge in [-0.1, -0.05) is 23.7 Å². The molecule has 0 bridgehead atoms. The summed E-state index contributed by atoms with van der Waals surface area (Å²) in [7, 11) is 1.42. The Labute approximate surface area is 140 Å². The number of amides is 1. The molecule has 0 heterocycles. The van der Waals surface area contributed by atoms with E-state index in [-0.39, 0.29) is 17.4 Å². The number of carbonyl (C=O) groups excluding carboxylic acids is 1. The van der Waals surface area contributed by atoms with Crippen molar-refractivity contribution < 1.29 is 14.6 Å². The first-order chi connectivity index (χ1) is 10.5. The zero-order valence-electron chi connectivity index (χ0n) is 11.5. The van der Waals surface area contributed by atoms with Crippen LogP contribution >= 0.6 is 27.5 Å². The number of halogens is 2. The Morgan fingerprint density at radius 2 is 2.14 bits per heavy atom. The van der Waals surface area contributed by atoms with Gasteiger partial charge in [0.15, 0.2) is 11.5 Å². The molecule has 0 aliphatic heterocycles. The van der Waals surface area contributed by atoms with E-state index in [1.54, 1.807) is 24.3 Å². The number of hydrogen-bond donors (Lipinski definition) is 2. The molecule has 0 fully saturated rings. The summed E-state index contributed by atoms with van der Waals surface area (Å²) in [5.41, 5.74) is 3.16. The molecule has 7 heteroatoms. The molecule has 2 aromatic rings. The largest absolute Gasteiger partial charge is 0.504 e. The average Bonchev–Trinajstić information content (AvgIpc) is 2.50. The van der Waals surface area contributed by atoms with E-state index >= 15 is 0 Å². The maximum absolute atomic E-state index is 12.0. The highest BCUT2D eigenvalue weighted by Crippen LogP contribution is 2.32. The molecule has 2 rings (SSSR count). The first-order valence-electron chi connectivity index (χ1n) is 6.17. The fourth-order valence-corrected chi connectivity index (χ4v) is 2.40. The van der Waals surface area contributed by atoms with Crippen molar-refractivity contribution in [2.75, 3.05) is 7.11 Å². The summed E-state index contributed by atoms with van der Waals surface area (Å²) in [5.74, 6) is -0.255. The second-order valence-corrected chi connectivity index (χ2v) is 5.52. The highest BCUT2D eigenvalue weighted by atomic mass is 79.9. The first-order valence-corrected chi connectivity index (χ1v) is 7.34. The molecule has 5 nitrogen and oxygen atoms in total. The standard InChI is InChI=1S/C15H12BrClN2O3/c1-22-13-7-10(17)6-9(14(13)20)8-18-19-15(21)11-4-2-3-5-12(11)16/h2-8,20H,1H3,(H,19,21). The van der Waals surface area contributed by atoms with Crippen molar-refractivity contribution in [1.29, 1.82) is 0 Å². The van der Waals surface area contributed by atoms with Crippen LogP contribution in [0.15, 0.2) is 46.0 Å². The normalized spacial score (nSPS) is 10.7. The summed E-state index contributed by atoms with van der Waals surface area (Å²) < 4.78 is 5.65. The smallest absolute Gasteiger partial charge is 0.272 e. The molecule has 2 aromatic carbocycles. The predicted octanol–water partition coefficient (Wildman–Crippen LogP) is 3.58. The van der Waals surface area contributed by atoms with Crippen LogP contribution < -0.4 is 10.2 Å². The Kier molecular flexibility index (Phi) is 5.41. The van der Waals surface area contributed by atoms with Crippen molar-refractivity contribution in [3.05, 3.63) is 57.0 Å². The zero-order valence-corrected chi connectivity index (χ0v) is 13.9. The molecule has 0 saturated carbocycles. The van der Waals surface area contributed by atoms with Crippen LogP contribution in [0.4, 0.5) is 0 Å². The highest BCUT2D eigenvalue weighted by molar-refractivity contribution is 9.10. The lowest BCUT2D eigenvalue weighted by molar-refractivity contribution is 0.0954. The van der Waals surface area contributed by atoms with Gasteiger partial charge in [0, 0.05) is 21.1 Å². The summed E-state index contributed by atoms with van der Waals surface area (Å²) in [6.45, 7) is 0. The summed E-state index contributed by atoms with van der Waals surface area (Å²) in [5, 5.41) is 14.1. The van der Waals surface area contributed by atoms with Gasteiger partial charge in [-0.15, -0.1) is 0 Å². The minimum absolute atomic E-state index is 0.106. The molecular formula is C15H12BrClN2O3. The molecule has 1 amide bonds. The number of hydrogen-bond acceptors (Lipinski definition) is 4. The van der Waals surface area contributed by atoms with Gasteiger partial charge in [0.25, 0.3) is 5.91 Å². The number of ether oxygens (including phenoxy) is 1. The fourth-order valence-electron chi connectivity index (χ4n) is 1.71. The monoisotopic (exact) mass is 382 g/mol. The highest BCUT2D eigenvalue weighted by Gasteiger charge is 2.10. The van der Waals surface area contributed by atoms with Crippen LogP contribution in [0.25, 0.3) is 0 Å². The molecule has 2 N–H and O–H groups in total. The Bertz CT molecular complexity index is 735. The van der Waals surface area contributed by atoms with Crippen LogP contribution in [-0.4, -0.2) is 24.3 Å². The Morgan fingerprint density at radius 3 is 2.82 bits per heavy atom. The number of phenolic OH excluding ortho intramolecular Hbond substituents is 1. The summed E-state index contributed by atoms with van der Waals surface area (Å²) in [6.07, 6.45) is 1.29. The van der Waals surface area contributed by atoms with Crippen molar-refractivity contribution in [3.63, 3.8) is 0 Å². The number of methoxy groups -OCH3 is 1. The second kappa shape index (κ2) is 7.29. The molecule has 0 aliphatic rings. The lowest BCUT2D eigenvalue weighted by Gasteiger charge is -2.06. The molecule has 0 spiro atoms. The minimum Gasteiger partial charge on any atom is -0.504 e. The van der Waals surface area contributed by atoms with E-state index < -0.39 is 0 Å². The topological polar surface area (TPSA) is 70.9 Å². The zero-order chi connectivity index (χ0) is 16.1. The third-order valence-corrected chi connectivity index (χ3v) is 3.69. The number of phenols is 1. The van der Waals surface area contributed by atoms with Crippen molar-refractivity contribution in [2.24, 2.45) is 5.10 Å². The lowest BCUT2D eigenvalue weighted by atomic mass is 10.2. The van der Waals surface area contributed by atoms with Crippen molar-refractivity contribution in [1.82, 2.24) is 5.43 Å². The van der Waals surface area contributed by atoms with Crippen LogP contribution in [0.3, 0.4) is 0 Å². The molecule has 0 atom stereocenters. The van der Waals surface area contributed by atoms with Crippen molar-refractivity contribution in [3.8, 4) is 11.5 Å². The van der Waals surface area contributed by atoms with Crippen LogP contribution in [-0.2, 0) is 0 Å². The SMILES string of the molecule is COc1cc(Cl)cc(C=NNC(=O)c2ccccc2Br)c1O. The Morgan fingerprint density at radius 1 is 1.41 bits per heavy atom. The molecule has 114 valence electrons. The lowest BCUT2D eigenvalue weighted by Crippen LogP contribution is -2.18. The van der Waals surface area contributed by atoms with Crippen LogP contribution in [0.5, 0.6) is 11.5 Å². The maximum Gasteiger partial charge on any atom is 0.272 e. The average molecular weight is 384 g/mol. The van der Waals surface area contributed by atoms with E-state index in [9.17, 15) is 9.90 Å². The molecule has 22 heavy (non-hydrogen) atoms. The number of aromatic hydroxyl groups is 1. The quantitative estimate of drug-likeness (QED) is 0.626. The third kappa shape index (κ3) is 3.78. The Balaban J connectivity index is 2.15. The number of nitrogens with one attached hydrogen (secondary N) is 1. The van der Waals surface area contributed by atoms with Gasteiger partial charge < -0.3 is 9.84 Å². The van der Waals surface area contributed by atoms with Gasteiger partial charge in [-0.3, -0.25) is 4.79 Å². The van der Waals surface area contributed by atoms with E-state index in [4.69, 9.17) is 16.3 Å². The van der Waals surface area contributed by atoms with Crippen LogP contribution in [0.1, 0.15) is 15.9 Å². The number of nitrogens with zero attached hydrogens (tertiary/aromatic N) is 1. The maximum atomic E-state index is 12.0. The second-order valence-electron chi connectivity index (χ2n) is 4.22. The molecule has 0 saturated heterocycles. The number of hydrazone groups is 1. The number of carbonyl (C=O) groups is 1. The predicted molar refractivity (Wildman–Crippen MR) is 88.9 cm³/mol. The molecular weight excluding hydrogens is 372 g/mol.